The van der Waals surface area contributed by atoms with Crippen LogP contribution in [0.2, 0.25) is 5.02 Å². The van der Waals surface area contributed by atoms with Crippen LogP contribution in [-0.2, 0) is 11.3 Å². The van der Waals surface area contributed by atoms with Gasteiger partial charge in [0.2, 0.25) is 5.91 Å². The van der Waals surface area contributed by atoms with Crippen LogP contribution in [0.1, 0.15) is 26.3 Å². The number of esters is 1. The number of halogens is 1. The molecule has 2 rings (SSSR count). The van der Waals surface area contributed by atoms with E-state index in [4.69, 9.17) is 27.8 Å². The molecule has 0 aliphatic heterocycles. The van der Waals surface area contributed by atoms with Gasteiger partial charge in [0, 0.05) is 21.8 Å². The van der Waals surface area contributed by atoms with E-state index in [0.29, 0.717) is 16.1 Å². The van der Waals surface area contributed by atoms with Gasteiger partial charge in [0.1, 0.15) is 6.61 Å². The molecule has 0 saturated carbocycles. The van der Waals surface area contributed by atoms with E-state index in [0.717, 1.165) is 0 Å². The monoisotopic (exact) mass is 304 g/mol. The van der Waals surface area contributed by atoms with Gasteiger partial charge in [0.05, 0.1) is 5.56 Å². The molecule has 6 heteroatoms. The molecule has 21 heavy (non-hydrogen) atoms. The van der Waals surface area contributed by atoms with Crippen molar-refractivity contribution in [2.75, 3.05) is 5.73 Å². The average molecular weight is 305 g/mol. The highest BCUT2D eigenvalue weighted by Gasteiger charge is 2.14. The highest BCUT2D eigenvalue weighted by Crippen LogP contribution is 2.19. The summed E-state index contributed by atoms with van der Waals surface area (Å²) in [6.07, 6.45) is 0. The number of amides is 1. The maximum atomic E-state index is 12.0. The van der Waals surface area contributed by atoms with Gasteiger partial charge in [-0.2, -0.15) is 0 Å². The molecule has 0 bridgehead atoms. The van der Waals surface area contributed by atoms with Gasteiger partial charge in [-0.25, -0.2) is 4.79 Å². The average Bonchev–Trinajstić information content (AvgIpc) is 2.47. The van der Waals surface area contributed by atoms with Gasteiger partial charge >= 0.3 is 5.97 Å². The Hall–Kier alpha value is -2.53. The molecule has 1 amide bonds. The number of hydrogen-bond donors (Lipinski definition) is 2. The number of carbonyl (C=O) groups excluding carboxylic acids is 2. The molecule has 0 radical (unpaired) electrons. The van der Waals surface area contributed by atoms with Crippen LogP contribution in [0, 0.1) is 0 Å². The zero-order valence-corrected chi connectivity index (χ0v) is 11.8. The van der Waals surface area contributed by atoms with Crippen molar-refractivity contribution in [3.05, 3.63) is 64.2 Å². The molecule has 108 valence electrons. The minimum Gasteiger partial charge on any atom is -0.457 e. The maximum absolute atomic E-state index is 12.0. The second-order valence-electron chi connectivity index (χ2n) is 4.33. The third-order valence-electron chi connectivity index (χ3n) is 2.88. The minimum absolute atomic E-state index is 0.0795. The van der Waals surface area contributed by atoms with Crippen LogP contribution in [-0.4, -0.2) is 11.9 Å². The molecule has 0 aliphatic rings. The standard InChI is InChI=1S/C15H13ClN2O3/c16-10-5-6-13(17)12(7-10)15(20)21-8-9-3-1-2-4-11(9)14(18)19/h1-7H,8,17H2,(H2,18,19). The molecule has 4 N–H and O–H groups in total. The molecule has 0 unspecified atom stereocenters. The predicted octanol–water partition coefficient (Wildman–Crippen LogP) is 2.38. The molecule has 0 aliphatic carbocycles. The van der Waals surface area contributed by atoms with Crippen LogP contribution >= 0.6 is 11.6 Å². The first-order valence-corrected chi connectivity index (χ1v) is 6.46. The highest BCUT2D eigenvalue weighted by atomic mass is 35.5. The Morgan fingerprint density at radius 1 is 1.10 bits per heavy atom. The van der Waals surface area contributed by atoms with E-state index in [-0.39, 0.29) is 17.9 Å². The summed E-state index contributed by atoms with van der Waals surface area (Å²) in [4.78, 5) is 23.3. The summed E-state index contributed by atoms with van der Waals surface area (Å²) >= 11 is 5.82. The summed E-state index contributed by atoms with van der Waals surface area (Å²) in [5.74, 6) is -1.20. The fourth-order valence-corrected chi connectivity index (χ4v) is 1.98. The van der Waals surface area contributed by atoms with E-state index in [1.807, 2.05) is 0 Å². The van der Waals surface area contributed by atoms with Gasteiger partial charge in [-0.15, -0.1) is 0 Å². The van der Waals surface area contributed by atoms with Crippen LogP contribution < -0.4 is 11.5 Å². The Balaban J connectivity index is 2.15. The maximum Gasteiger partial charge on any atom is 0.340 e. The summed E-state index contributed by atoms with van der Waals surface area (Å²) in [7, 11) is 0. The molecule has 0 saturated heterocycles. The van der Waals surface area contributed by atoms with Gasteiger partial charge in [0.25, 0.3) is 0 Å². The highest BCUT2D eigenvalue weighted by molar-refractivity contribution is 6.31. The van der Waals surface area contributed by atoms with Crippen molar-refractivity contribution in [2.45, 2.75) is 6.61 Å². The van der Waals surface area contributed by atoms with Crippen LogP contribution in [0.5, 0.6) is 0 Å². The Bertz CT molecular complexity index is 701. The number of hydrogen-bond acceptors (Lipinski definition) is 4. The van der Waals surface area contributed by atoms with E-state index < -0.39 is 11.9 Å². The summed E-state index contributed by atoms with van der Waals surface area (Å²) in [5, 5.41) is 0.383. The molecule has 0 heterocycles. The fourth-order valence-electron chi connectivity index (χ4n) is 1.81. The third kappa shape index (κ3) is 3.52. The van der Waals surface area contributed by atoms with Crippen molar-refractivity contribution in [3.8, 4) is 0 Å². The molecule has 5 nitrogen and oxygen atoms in total. The van der Waals surface area contributed by atoms with Gasteiger partial charge in [-0.3, -0.25) is 4.79 Å². The van der Waals surface area contributed by atoms with Crippen molar-refractivity contribution >= 4 is 29.2 Å². The molecule has 2 aromatic rings. The van der Waals surface area contributed by atoms with Crippen LogP contribution in [0.25, 0.3) is 0 Å². The Kier molecular flexibility index (Phi) is 4.45. The van der Waals surface area contributed by atoms with E-state index in [2.05, 4.69) is 0 Å². The van der Waals surface area contributed by atoms with E-state index >= 15 is 0 Å². The minimum atomic E-state index is -0.616. The van der Waals surface area contributed by atoms with Crippen molar-refractivity contribution in [1.82, 2.24) is 0 Å². The number of carbonyl (C=O) groups is 2. The van der Waals surface area contributed by atoms with Crippen LogP contribution in [0.3, 0.4) is 0 Å². The van der Waals surface area contributed by atoms with Crippen molar-refractivity contribution in [2.24, 2.45) is 5.73 Å². The van der Waals surface area contributed by atoms with Crippen molar-refractivity contribution in [1.29, 1.82) is 0 Å². The first-order valence-electron chi connectivity index (χ1n) is 6.09. The lowest BCUT2D eigenvalue weighted by molar-refractivity contribution is 0.0471. The van der Waals surface area contributed by atoms with E-state index in [1.54, 1.807) is 30.3 Å². The summed E-state index contributed by atoms with van der Waals surface area (Å²) in [5.41, 5.74) is 12.3. The first-order chi connectivity index (χ1) is 9.99. The SMILES string of the molecule is NC(=O)c1ccccc1COC(=O)c1cc(Cl)ccc1N. The van der Waals surface area contributed by atoms with E-state index in [1.165, 1.54) is 12.1 Å². The van der Waals surface area contributed by atoms with Gasteiger partial charge in [-0.05, 0) is 24.3 Å². The van der Waals surface area contributed by atoms with Crippen molar-refractivity contribution < 1.29 is 14.3 Å². The lowest BCUT2D eigenvalue weighted by atomic mass is 10.1. The molecule has 2 aromatic carbocycles. The lowest BCUT2D eigenvalue weighted by Crippen LogP contribution is -2.15. The first kappa shape index (κ1) is 14.9. The quantitative estimate of drug-likeness (QED) is 0.669. The number of nitrogen functional groups attached to an aromatic ring is 1. The Morgan fingerprint density at radius 3 is 2.52 bits per heavy atom. The van der Waals surface area contributed by atoms with Crippen LogP contribution in [0.4, 0.5) is 5.69 Å². The number of nitrogens with two attached hydrogens (primary N) is 2. The second-order valence-corrected chi connectivity index (χ2v) is 4.77. The number of ether oxygens (including phenoxy) is 1. The number of anilines is 1. The third-order valence-corrected chi connectivity index (χ3v) is 3.11. The predicted molar refractivity (Wildman–Crippen MR) is 79.9 cm³/mol. The molecule has 0 fully saturated rings. The zero-order chi connectivity index (χ0) is 15.4. The summed E-state index contributed by atoms with van der Waals surface area (Å²) in [6, 6.07) is 11.2. The Labute approximate surface area is 126 Å². The number of rotatable bonds is 4. The topological polar surface area (TPSA) is 95.4 Å². The van der Waals surface area contributed by atoms with Crippen molar-refractivity contribution in [3.63, 3.8) is 0 Å². The van der Waals surface area contributed by atoms with Gasteiger partial charge < -0.3 is 16.2 Å². The summed E-state index contributed by atoms with van der Waals surface area (Å²) in [6.45, 7) is -0.0795. The molecular formula is C15H13ClN2O3. The van der Waals surface area contributed by atoms with Crippen LogP contribution in [0.15, 0.2) is 42.5 Å². The molecule has 0 aromatic heterocycles. The number of primary amides is 1. The summed E-state index contributed by atoms with van der Waals surface area (Å²) < 4.78 is 5.16. The molecule has 0 atom stereocenters. The molecular weight excluding hydrogens is 292 g/mol. The largest absolute Gasteiger partial charge is 0.457 e. The zero-order valence-electron chi connectivity index (χ0n) is 11.0. The van der Waals surface area contributed by atoms with Gasteiger partial charge in [0.15, 0.2) is 0 Å². The van der Waals surface area contributed by atoms with E-state index in [9.17, 15) is 9.59 Å². The van der Waals surface area contributed by atoms with Gasteiger partial charge in [-0.1, -0.05) is 29.8 Å². The Morgan fingerprint density at radius 2 is 1.81 bits per heavy atom. The molecule has 0 spiro atoms. The lowest BCUT2D eigenvalue weighted by Gasteiger charge is -2.09. The normalized spacial score (nSPS) is 10.1. The number of benzene rings is 2. The smallest absolute Gasteiger partial charge is 0.340 e. The second kappa shape index (κ2) is 6.28. The fraction of sp³-hybridized carbons (Fsp3) is 0.0667.